The van der Waals surface area contributed by atoms with Crippen LogP contribution < -0.4 is 10.5 Å². The maximum atomic E-state index is 13.8. The summed E-state index contributed by atoms with van der Waals surface area (Å²) in [5.41, 5.74) is 6.33. The first-order valence-corrected chi connectivity index (χ1v) is 7.02. The fourth-order valence-electron chi connectivity index (χ4n) is 1.79. The summed E-state index contributed by atoms with van der Waals surface area (Å²) in [4.78, 5) is 0. The second-order valence-electron chi connectivity index (χ2n) is 4.66. The summed E-state index contributed by atoms with van der Waals surface area (Å²) in [6, 6.07) is 2.49. The Labute approximate surface area is 119 Å². The number of ether oxygens (including phenoxy) is 2. The highest BCUT2D eigenvalue weighted by Gasteiger charge is 2.13. The molecule has 0 aliphatic carbocycles. The smallest absolute Gasteiger partial charge is 0.190 e. The number of hydrogen-bond acceptors (Lipinski definition) is 3. The van der Waals surface area contributed by atoms with E-state index in [2.05, 4.69) is 0 Å². The third-order valence-corrected chi connectivity index (χ3v) is 2.96. The van der Waals surface area contributed by atoms with Crippen LogP contribution in [0, 0.1) is 11.6 Å². The average Bonchev–Trinajstić information content (AvgIpc) is 2.41. The van der Waals surface area contributed by atoms with Crippen molar-refractivity contribution in [2.45, 2.75) is 39.2 Å². The summed E-state index contributed by atoms with van der Waals surface area (Å²) < 4.78 is 37.9. The van der Waals surface area contributed by atoms with Crippen LogP contribution in [-0.4, -0.2) is 25.9 Å². The molecule has 0 saturated heterocycles. The highest BCUT2D eigenvalue weighted by atomic mass is 19.1. The van der Waals surface area contributed by atoms with Crippen LogP contribution in [-0.2, 0) is 11.2 Å². The summed E-state index contributed by atoms with van der Waals surface area (Å²) in [5, 5.41) is 0. The maximum absolute atomic E-state index is 13.8. The number of nitrogens with two attached hydrogens (primary N) is 1. The molecule has 0 aliphatic heterocycles. The van der Waals surface area contributed by atoms with E-state index in [1.165, 1.54) is 12.1 Å². The number of halogens is 2. The van der Waals surface area contributed by atoms with Gasteiger partial charge in [-0.1, -0.05) is 6.92 Å². The fourth-order valence-corrected chi connectivity index (χ4v) is 1.79. The van der Waals surface area contributed by atoms with E-state index in [4.69, 9.17) is 15.2 Å². The molecular formula is C15H23F2NO2. The van der Waals surface area contributed by atoms with E-state index in [0.29, 0.717) is 31.6 Å². The lowest BCUT2D eigenvalue weighted by Gasteiger charge is -2.12. The molecule has 1 aromatic rings. The Kier molecular flexibility index (Phi) is 7.47. The van der Waals surface area contributed by atoms with Crippen molar-refractivity contribution in [1.29, 1.82) is 0 Å². The minimum absolute atomic E-state index is 0.0910. The van der Waals surface area contributed by atoms with Gasteiger partial charge in [0.2, 0.25) is 0 Å². The van der Waals surface area contributed by atoms with Gasteiger partial charge in [0, 0.05) is 25.7 Å². The molecule has 3 nitrogen and oxygen atoms in total. The van der Waals surface area contributed by atoms with E-state index in [9.17, 15) is 8.78 Å². The number of hydrogen-bond donors (Lipinski definition) is 1. The van der Waals surface area contributed by atoms with Crippen molar-refractivity contribution >= 4 is 0 Å². The molecule has 1 rings (SSSR count). The molecule has 1 unspecified atom stereocenters. The van der Waals surface area contributed by atoms with E-state index >= 15 is 0 Å². The standard InChI is InChI=1S/C15H23F2NO2/c1-3-12(18)8-11-9-13(16)15(14(17)10-11)20-7-5-6-19-4-2/h9-10,12H,3-8,18H2,1-2H3. The first-order valence-electron chi connectivity index (χ1n) is 7.02. The van der Waals surface area contributed by atoms with Gasteiger partial charge in [-0.3, -0.25) is 0 Å². The molecule has 0 amide bonds. The molecule has 5 heteroatoms. The first-order chi connectivity index (χ1) is 9.58. The predicted octanol–water partition coefficient (Wildman–Crippen LogP) is 3.05. The lowest BCUT2D eigenvalue weighted by molar-refractivity contribution is 0.129. The molecule has 0 heterocycles. The Morgan fingerprint density at radius 2 is 1.80 bits per heavy atom. The largest absolute Gasteiger partial charge is 0.488 e. The molecule has 0 radical (unpaired) electrons. The van der Waals surface area contributed by atoms with Crippen LogP contribution in [0.25, 0.3) is 0 Å². The SMILES string of the molecule is CCOCCCOc1c(F)cc(CC(N)CC)cc1F. The fraction of sp³-hybridized carbons (Fsp3) is 0.600. The lowest BCUT2D eigenvalue weighted by atomic mass is 10.0. The lowest BCUT2D eigenvalue weighted by Crippen LogP contribution is -2.21. The summed E-state index contributed by atoms with van der Waals surface area (Å²) in [5.74, 6) is -1.69. The van der Waals surface area contributed by atoms with Gasteiger partial charge in [0.05, 0.1) is 6.61 Å². The van der Waals surface area contributed by atoms with Gasteiger partial charge in [0.25, 0.3) is 0 Å². The molecular weight excluding hydrogens is 264 g/mol. The van der Waals surface area contributed by atoms with Crippen molar-refractivity contribution in [2.24, 2.45) is 5.73 Å². The highest BCUT2D eigenvalue weighted by Crippen LogP contribution is 2.24. The normalized spacial score (nSPS) is 12.4. The first kappa shape index (κ1) is 16.9. The molecule has 0 fully saturated rings. The average molecular weight is 287 g/mol. The molecule has 114 valence electrons. The summed E-state index contributed by atoms with van der Waals surface area (Å²) >= 11 is 0. The zero-order valence-corrected chi connectivity index (χ0v) is 12.1. The van der Waals surface area contributed by atoms with Gasteiger partial charge in [0.1, 0.15) is 0 Å². The Balaban J connectivity index is 2.59. The summed E-state index contributed by atoms with van der Waals surface area (Å²) in [6.45, 7) is 5.19. The van der Waals surface area contributed by atoms with Crippen molar-refractivity contribution < 1.29 is 18.3 Å². The quantitative estimate of drug-likeness (QED) is 0.710. The third kappa shape index (κ3) is 5.43. The third-order valence-electron chi connectivity index (χ3n) is 2.96. The van der Waals surface area contributed by atoms with Crippen LogP contribution >= 0.6 is 0 Å². The minimum Gasteiger partial charge on any atom is -0.488 e. The molecule has 2 N–H and O–H groups in total. The topological polar surface area (TPSA) is 44.5 Å². The molecule has 20 heavy (non-hydrogen) atoms. The van der Waals surface area contributed by atoms with Crippen LogP contribution in [0.15, 0.2) is 12.1 Å². The number of benzene rings is 1. The second-order valence-corrected chi connectivity index (χ2v) is 4.66. The molecule has 0 aliphatic rings. The van der Waals surface area contributed by atoms with Gasteiger partial charge in [-0.25, -0.2) is 8.78 Å². The van der Waals surface area contributed by atoms with Crippen LogP contribution in [0.2, 0.25) is 0 Å². The molecule has 0 spiro atoms. The van der Waals surface area contributed by atoms with E-state index in [0.717, 1.165) is 6.42 Å². The van der Waals surface area contributed by atoms with Crippen molar-refractivity contribution in [3.63, 3.8) is 0 Å². The summed E-state index contributed by atoms with van der Waals surface area (Å²) in [7, 11) is 0. The monoisotopic (exact) mass is 287 g/mol. The Bertz CT molecular complexity index is 390. The molecule has 0 saturated carbocycles. The van der Waals surface area contributed by atoms with E-state index in [1.807, 2.05) is 13.8 Å². The Morgan fingerprint density at radius 3 is 2.35 bits per heavy atom. The van der Waals surface area contributed by atoms with Gasteiger partial charge in [-0.2, -0.15) is 0 Å². The second kappa shape index (κ2) is 8.87. The van der Waals surface area contributed by atoms with Crippen molar-refractivity contribution in [1.82, 2.24) is 0 Å². The Hall–Kier alpha value is -1.20. The van der Waals surface area contributed by atoms with E-state index < -0.39 is 11.6 Å². The molecule has 1 aromatic carbocycles. The van der Waals surface area contributed by atoms with Gasteiger partial charge in [-0.15, -0.1) is 0 Å². The van der Waals surface area contributed by atoms with Crippen LogP contribution in [0.3, 0.4) is 0 Å². The molecule has 1 atom stereocenters. The Morgan fingerprint density at radius 1 is 1.15 bits per heavy atom. The summed E-state index contributed by atoms with van der Waals surface area (Å²) in [6.07, 6.45) is 1.81. The zero-order chi connectivity index (χ0) is 15.0. The van der Waals surface area contributed by atoms with Crippen molar-refractivity contribution in [3.8, 4) is 5.75 Å². The molecule has 0 bridgehead atoms. The van der Waals surface area contributed by atoms with Crippen LogP contribution in [0.4, 0.5) is 8.78 Å². The maximum Gasteiger partial charge on any atom is 0.190 e. The number of rotatable bonds is 9. The highest BCUT2D eigenvalue weighted by molar-refractivity contribution is 5.31. The van der Waals surface area contributed by atoms with Gasteiger partial charge < -0.3 is 15.2 Å². The van der Waals surface area contributed by atoms with Crippen molar-refractivity contribution in [2.75, 3.05) is 19.8 Å². The zero-order valence-electron chi connectivity index (χ0n) is 12.1. The van der Waals surface area contributed by atoms with Gasteiger partial charge in [-0.05, 0) is 37.5 Å². The van der Waals surface area contributed by atoms with Crippen molar-refractivity contribution in [3.05, 3.63) is 29.3 Å². The minimum atomic E-state index is -0.681. The predicted molar refractivity (Wildman–Crippen MR) is 74.9 cm³/mol. The van der Waals surface area contributed by atoms with Gasteiger partial charge in [0.15, 0.2) is 17.4 Å². The molecule has 0 aromatic heterocycles. The van der Waals surface area contributed by atoms with Crippen LogP contribution in [0.5, 0.6) is 5.75 Å². The van der Waals surface area contributed by atoms with E-state index in [1.54, 1.807) is 0 Å². The van der Waals surface area contributed by atoms with E-state index in [-0.39, 0.29) is 18.4 Å². The van der Waals surface area contributed by atoms with Gasteiger partial charge >= 0.3 is 0 Å². The van der Waals surface area contributed by atoms with Crippen LogP contribution in [0.1, 0.15) is 32.3 Å².